The van der Waals surface area contributed by atoms with E-state index in [9.17, 15) is 13.2 Å². The van der Waals surface area contributed by atoms with Crippen molar-refractivity contribution < 1.29 is 17.7 Å². The number of piperazine rings is 1. The van der Waals surface area contributed by atoms with Gasteiger partial charge in [0.15, 0.2) is 5.82 Å². The molecule has 1 aromatic carbocycles. The summed E-state index contributed by atoms with van der Waals surface area (Å²) in [5, 5.41) is 4.70. The van der Waals surface area contributed by atoms with E-state index in [0.717, 1.165) is 50.7 Å². The van der Waals surface area contributed by atoms with Gasteiger partial charge in [-0.3, -0.25) is 9.80 Å². The Kier molecular flexibility index (Phi) is 8.46. The summed E-state index contributed by atoms with van der Waals surface area (Å²) in [7, 11) is 0. The molecule has 0 amide bonds. The van der Waals surface area contributed by atoms with Gasteiger partial charge in [0, 0.05) is 56.8 Å². The number of rotatable bonds is 10. The molecule has 11 heteroatoms. The maximum Gasteiger partial charge on any atom is 0.416 e. The van der Waals surface area contributed by atoms with Gasteiger partial charge >= 0.3 is 6.18 Å². The highest BCUT2D eigenvalue weighted by Crippen LogP contribution is 2.52. The minimum atomic E-state index is -4.33. The molecule has 1 aromatic heterocycles. The van der Waals surface area contributed by atoms with Crippen LogP contribution in [0, 0.1) is 0 Å². The topological polar surface area (TPSA) is 71.4 Å². The number of nitrogens with zero attached hydrogens (tertiary/aromatic N) is 4. The quantitative estimate of drug-likeness (QED) is 0.345. The van der Waals surface area contributed by atoms with Crippen molar-refractivity contribution >= 4 is 23.2 Å². The molecular weight excluding hydrogens is 514 g/mol. The van der Waals surface area contributed by atoms with Crippen molar-refractivity contribution in [2.45, 2.75) is 43.4 Å². The maximum atomic E-state index is 13.0. The van der Waals surface area contributed by atoms with Gasteiger partial charge in [-0.25, -0.2) is 0 Å². The second-order valence-corrected chi connectivity index (χ2v) is 10.3. The molecule has 0 bridgehead atoms. The predicted molar refractivity (Wildman–Crippen MR) is 134 cm³/mol. The van der Waals surface area contributed by atoms with Gasteiger partial charge in [0.1, 0.15) is 0 Å². The van der Waals surface area contributed by atoms with E-state index in [1.54, 1.807) is 12.1 Å². The van der Waals surface area contributed by atoms with E-state index in [4.69, 9.17) is 33.5 Å². The van der Waals surface area contributed by atoms with Crippen molar-refractivity contribution in [3.05, 3.63) is 70.4 Å². The van der Waals surface area contributed by atoms with Crippen LogP contribution >= 0.6 is 23.2 Å². The van der Waals surface area contributed by atoms with Crippen LogP contribution in [0.5, 0.6) is 0 Å². The fourth-order valence-electron chi connectivity index (χ4n) is 4.57. The van der Waals surface area contributed by atoms with Crippen LogP contribution in [-0.4, -0.2) is 64.6 Å². The highest BCUT2D eigenvalue weighted by atomic mass is 35.5. The minimum Gasteiger partial charge on any atom is -0.339 e. The number of allylic oxidation sites excluding steroid dienone is 3. The summed E-state index contributed by atoms with van der Waals surface area (Å²) in [6.07, 6.45) is -0.338. The summed E-state index contributed by atoms with van der Waals surface area (Å²) < 4.78 is 44.4. The van der Waals surface area contributed by atoms with E-state index < -0.39 is 11.7 Å². The van der Waals surface area contributed by atoms with E-state index in [-0.39, 0.29) is 17.3 Å². The zero-order valence-electron chi connectivity index (χ0n) is 19.9. The molecule has 36 heavy (non-hydrogen) atoms. The predicted octanol–water partition coefficient (Wildman–Crippen LogP) is 4.73. The standard InChI is InChI=1S/C25H30Cl2F3N5O/c1-17(11-20(27)14-26)24(5-6-24)23-32-22(36-33-23)13-21(31)16-35-9-7-34(8-10-35)15-18-3-2-4-19(12-18)25(28,29)30/h2-4,11-12,21H,1,5-10,13-16,31H2/b20-11-. The van der Waals surface area contributed by atoms with Gasteiger partial charge in [0.05, 0.1) is 16.9 Å². The number of nitrogens with two attached hydrogens (primary N) is 1. The van der Waals surface area contributed by atoms with Crippen molar-refractivity contribution in [1.29, 1.82) is 0 Å². The number of hydrogen-bond donors (Lipinski definition) is 1. The van der Waals surface area contributed by atoms with Crippen LogP contribution in [0.15, 0.2) is 52.0 Å². The Morgan fingerprint density at radius 2 is 1.92 bits per heavy atom. The number of benzene rings is 1. The Morgan fingerprint density at radius 3 is 2.56 bits per heavy atom. The average molecular weight is 544 g/mol. The number of alkyl halides is 4. The molecule has 4 rings (SSSR count). The Bertz CT molecular complexity index is 1090. The van der Waals surface area contributed by atoms with Gasteiger partial charge in [-0.1, -0.05) is 41.5 Å². The van der Waals surface area contributed by atoms with E-state index in [1.807, 2.05) is 0 Å². The molecule has 1 saturated carbocycles. The van der Waals surface area contributed by atoms with Crippen LogP contribution in [0.3, 0.4) is 0 Å². The number of halogens is 5. The van der Waals surface area contributed by atoms with E-state index in [0.29, 0.717) is 41.8 Å². The zero-order valence-corrected chi connectivity index (χ0v) is 21.4. The summed E-state index contributed by atoms with van der Waals surface area (Å²) in [4.78, 5) is 9.00. The first kappa shape index (κ1) is 27.1. The second-order valence-electron chi connectivity index (χ2n) is 9.58. The minimum absolute atomic E-state index is 0.183. The normalized spacial score (nSPS) is 19.9. The Balaban J connectivity index is 1.24. The molecule has 0 spiro atoms. The lowest BCUT2D eigenvalue weighted by molar-refractivity contribution is -0.137. The van der Waals surface area contributed by atoms with Crippen LogP contribution in [0.1, 0.15) is 35.7 Å². The summed E-state index contributed by atoms with van der Waals surface area (Å²) in [5.41, 5.74) is 6.92. The number of aromatic nitrogens is 2. The van der Waals surface area contributed by atoms with E-state index in [2.05, 4.69) is 26.5 Å². The molecular formula is C25H30Cl2F3N5O. The van der Waals surface area contributed by atoms with Crippen molar-refractivity contribution in [2.75, 3.05) is 38.6 Å². The lowest BCUT2D eigenvalue weighted by Crippen LogP contribution is -2.49. The zero-order chi connectivity index (χ0) is 25.9. The molecule has 0 radical (unpaired) electrons. The van der Waals surface area contributed by atoms with Crippen LogP contribution < -0.4 is 5.73 Å². The fourth-order valence-corrected chi connectivity index (χ4v) is 4.77. The third-order valence-electron chi connectivity index (χ3n) is 6.77. The molecule has 2 aromatic rings. The fraction of sp³-hybridized carbons (Fsp3) is 0.520. The first-order valence-electron chi connectivity index (χ1n) is 11.9. The smallest absolute Gasteiger partial charge is 0.339 e. The molecule has 2 heterocycles. The van der Waals surface area contributed by atoms with Crippen molar-refractivity contribution in [3.8, 4) is 0 Å². The Morgan fingerprint density at radius 1 is 1.22 bits per heavy atom. The molecule has 1 aliphatic heterocycles. The van der Waals surface area contributed by atoms with Crippen LogP contribution in [0.2, 0.25) is 0 Å². The first-order valence-corrected chi connectivity index (χ1v) is 12.8. The van der Waals surface area contributed by atoms with Crippen LogP contribution in [0.25, 0.3) is 0 Å². The number of hydrogen-bond acceptors (Lipinski definition) is 6. The van der Waals surface area contributed by atoms with Crippen molar-refractivity contribution in [2.24, 2.45) is 5.73 Å². The van der Waals surface area contributed by atoms with Gasteiger partial charge < -0.3 is 10.3 Å². The molecule has 196 valence electrons. The Labute approximate surface area is 218 Å². The average Bonchev–Trinajstić information content (AvgIpc) is 3.52. The summed E-state index contributed by atoms with van der Waals surface area (Å²) in [5.74, 6) is 1.32. The summed E-state index contributed by atoms with van der Waals surface area (Å²) in [6.45, 7) is 8.38. The SMILES string of the molecule is C=C(/C=C(\Cl)CCl)C1(c2noc(CC(N)CN3CCN(Cc4cccc(C(F)(F)F)c4)CC3)n2)CC1. The molecule has 1 aliphatic carbocycles. The van der Waals surface area contributed by atoms with E-state index in [1.165, 1.54) is 12.1 Å². The Hall–Kier alpha value is -1.91. The van der Waals surface area contributed by atoms with Gasteiger partial charge in [0.25, 0.3) is 0 Å². The molecule has 1 unspecified atom stereocenters. The third-order valence-corrected chi connectivity index (χ3v) is 7.44. The monoisotopic (exact) mass is 543 g/mol. The van der Waals surface area contributed by atoms with Gasteiger partial charge in [-0.05, 0) is 36.1 Å². The molecule has 1 saturated heterocycles. The summed E-state index contributed by atoms with van der Waals surface area (Å²) >= 11 is 11.8. The summed E-state index contributed by atoms with van der Waals surface area (Å²) in [6, 6.07) is 5.34. The molecule has 1 atom stereocenters. The highest BCUT2D eigenvalue weighted by Gasteiger charge is 2.50. The van der Waals surface area contributed by atoms with Gasteiger partial charge in [0.2, 0.25) is 5.89 Å². The molecule has 6 nitrogen and oxygen atoms in total. The van der Waals surface area contributed by atoms with Crippen LogP contribution in [-0.2, 0) is 24.6 Å². The molecule has 2 fully saturated rings. The van der Waals surface area contributed by atoms with E-state index >= 15 is 0 Å². The largest absolute Gasteiger partial charge is 0.416 e. The molecule has 2 N–H and O–H groups in total. The first-order chi connectivity index (χ1) is 17.1. The van der Waals surface area contributed by atoms with Crippen molar-refractivity contribution in [3.63, 3.8) is 0 Å². The van der Waals surface area contributed by atoms with Gasteiger partial charge in [-0.2, -0.15) is 18.2 Å². The third kappa shape index (κ3) is 6.69. The lowest BCUT2D eigenvalue weighted by Gasteiger charge is -2.35. The molecule has 2 aliphatic rings. The van der Waals surface area contributed by atoms with Crippen molar-refractivity contribution in [1.82, 2.24) is 19.9 Å². The van der Waals surface area contributed by atoms with Crippen LogP contribution in [0.4, 0.5) is 13.2 Å². The van der Waals surface area contributed by atoms with Gasteiger partial charge in [-0.15, -0.1) is 11.6 Å². The highest BCUT2D eigenvalue weighted by molar-refractivity contribution is 6.35. The second kappa shape index (κ2) is 11.2. The lowest BCUT2D eigenvalue weighted by atomic mass is 9.96. The maximum absolute atomic E-state index is 13.0.